The number of nitrogens with one attached hydrogen (secondary N) is 1. The highest BCUT2D eigenvalue weighted by molar-refractivity contribution is 5.93. The third-order valence-electron chi connectivity index (χ3n) is 2.98. The van der Waals surface area contributed by atoms with Gasteiger partial charge in [-0.25, -0.2) is 4.98 Å². The second-order valence-electron chi connectivity index (χ2n) is 4.47. The first-order valence-electron chi connectivity index (χ1n) is 5.92. The van der Waals surface area contributed by atoms with Crippen molar-refractivity contribution >= 4 is 5.91 Å². The fourth-order valence-corrected chi connectivity index (χ4v) is 1.64. The molecule has 1 saturated carbocycles. The number of halogens is 3. The highest BCUT2D eigenvalue weighted by Gasteiger charge is 2.64. The number of alkyl halides is 3. The lowest BCUT2D eigenvalue weighted by atomic mass is 10.2. The molecule has 0 atom stereocenters. The van der Waals surface area contributed by atoms with Gasteiger partial charge in [-0.3, -0.25) is 4.79 Å². The molecule has 1 fully saturated rings. The van der Waals surface area contributed by atoms with E-state index in [0.29, 0.717) is 5.56 Å². The number of nitrogens with zero attached hydrogens (tertiary/aromatic N) is 1. The maximum atomic E-state index is 12.7. The predicted octanol–water partition coefficient (Wildman–Crippen LogP) is 1.22. The summed E-state index contributed by atoms with van der Waals surface area (Å²) in [5, 5.41) is 2.00. The number of carbonyl (C=O) groups is 1. The average Bonchev–Trinajstić information content (AvgIpc) is 3.17. The largest absolute Gasteiger partial charge is 0.411 e. The van der Waals surface area contributed by atoms with Crippen LogP contribution in [0.4, 0.5) is 13.2 Å². The zero-order valence-corrected chi connectivity index (χ0v) is 10.4. The van der Waals surface area contributed by atoms with Gasteiger partial charge in [0.05, 0.1) is 6.54 Å². The van der Waals surface area contributed by atoms with Crippen molar-refractivity contribution < 1.29 is 18.0 Å². The standard InChI is InChI=1S/C13H12F3N3O/c14-13(15,16)12(5-6-12)19-11(20)10-4-3-9(8-18-10)2-1-7-17/h3-4,8H,5-7,17H2,(H,19,20). The van der Waals surface area contributed by atoms with Gasteiger partial charge >= 0.3 is 6.18 Å². The van der Waals surface area contributed by atoms with Crippen LogP contribution in [0.2, 0.25) is 0 Å². The predicted molar refractivity (Wildman–Crippen MR) is 65.7 cm³/mol. The van der Waals surface area contributed by atoms with Gasteiger partial charge in [0.1, 0.15) is 11.2 Å². The molecule has 0 aliphatic heterocycles. The van der Waals surface area contributed by atoms with Crippen molar-refractivity contribution in [3.8, 4) is 11.8 Å². The van der Waals surface area contributed by atoms with Crippen molar-refractivity contribution in [2.24, 2.45) is 5.73 Å². The Morgan fingerprint density at radius 3 is 2.60 bits per heavy atom. The molecule has 0 spiro atoms. The molecule has 1 amide bonds. The fourth-order valence-electron chi connectivity index (χ4n) is 1.64. The average molecular weight is 283 g/mol. The van der Waals surface area contributed by atoms with Gasteiger partial charge in [-0.2, -0.15) is 13.2 Å². The molecule has 1 heterocycles. The van der Waals surface area contributed by atoms with Crippen LogP contribution < -0.4 is 11.1 Å². The zero-order chi connectivity index (χ0) is 14.8. The Labute approximate surface area is 113 Å². The normalized spacial score (nSPS) is 16.0. The van der Waals surface area contributed by atoms with Gasteiger partial charge in [-0.1, -0.05) is 11.8 Å². The maximum Gasteiger partial charge on any atom is 0.411 e. The third kappa shape index (κ3) is 2.91. The van der Waals surface area contributed by atoms with Crippen LogP contribution in [0.25, 0.3) is 0 Å². The lowest BCUT2D eigenvalue weighted by molar-refractivity contribution is -0.163. The van der Waals surface area contributed by atoms with E-state index in [0.717, 1.165) is 0 Å². The lowest BCUT2D eigenvalue weighted by Gasteiger charge is -2.20. The summed E-state index contributed by atoms with van der Waals surface area (Å²) in [5.41, 5.74) is 3.60. The van der Waals surface area contributed by atoms with Crippen molar-refractivity contribution in [1.29, 1.82) is 0 Å². The van der Waals surface area contributed by atoms with E-state index in [1.165, 1.54) is 18.3 Å². The minimum absolute atomic E-state index is 0.0705. The molecule has 3 N–H and O–H groups in total. The smallest absolute Gasteiger partial charge is 0.336 e. The Balaban J connectivity index is 2.07. The summed E-state index contributed by atoms with van der Waals surface area (Å²) in [7, 11) is 0. The van der Waals surface area contributed by atoms with E-state index >= 15 is 0 Å². The van der Waals surface area contributed by atoms with Crippen LogP contribution in [0.15, 0.2) is 18.3 Å². The maximum absolute atomic E-state index is 12.7. The van der Waals surface area contributed by atoms with Crippen molar-refractivity contribution in [1.82, 2.24) is 10.3 Å². The van der Waals surface area contributed by atoms with Crippen LogP contribution in [-0.4, -0.2) is 29.2 Å². The molecule has 0 aromatic carbocycles. The molecular formula is C13H12F3N3O. The van der Waals surface area contributed by atoms with Crippen molar-refractivity contribution in [3.05, 3.63) is 29.6 Å². The van der Waals surface area contributed by atoms with E-state index < -0.39 is 17.6 Å². The fraction of sp³-hybridized carbons (Fsp3) is 0.385. The van der Waals surface area contributed by atoms with Gasteiger partial charge in [0.15, 0.2) is 0 Å². The summed E-state index contributed by atoms with van der Waals surface area (Å²) in [6, 6.07) is 2.85. The molecule has 1 aromatic heterocycles. The number of aromatic nitrogens is 1. The first kappa shape index (κ1) is 14.3. The van der Waals surface area contributed by atoms with Crippen LogP contribution >= 0.6 is 0 Å². The van der Waals surface area contributed by atoms with E-state index in [4.69, 9.17) is 5.73 Å². The van der Waals surface area contributed by atoms with E-state index in [2.05, 4.69) is 16.8 Å². The van der Waals surface area contributed by atoms with E-state index in [-0.39, 0.29) is 25.1 Å². The topological polar surface area (TPSA) is 68.0 Å². The van der Waals surface area contributed by atoms with Crippen molar-refractivity contribution in [2.45, 2.75) is 24.6 Å². The number of pyridine rings is 1. The number of amides is 1. The van der Waals surface area contributed by atoms with Gasteiger partial charge in [0.25, 0.3) is 5.91 Å². The molecule has 0 saturated heterocycles. The van der Waals surface area contributed by atoms with E-state index in [1.807, 2.05) is 5.32 Å². The molecule has 0 radical (unpaired) electrons. The molecule has 1 aliphatic carbocycles. The van der Waals surface area contributed by atoms with Gasteiger partial charge in [-0.05, 0) is 25.0 Å². The van der Waals surface area contributed by atoms with Crippen LogP contribution in [0.5, 0.6) is 0 Å². The molecule has 1 aromatic rings. The van der Waals surface area contributed by atoms with Crippen LogP contribution in [-0.2, 0) is 0 Å². The summed E-state index contributed by atoms with van der Waals surface area (Å²) in [6.07, 6.45) is -3.30. The number of nitrogens with two attached hydrogens (primary N) is 1. The van der Waals surface area contributed by atoms with Crippen molar-refractivity contribution in [3.63, 3.8) is 0 Å². The highest BCUT2D eigenvalue weighted by atomic mass is 19.4. The Morgan fingerprint density at radius 2 is 2.15 bits per heavy atom. The molecule has 0 bridgehead atoms. The highest BCUT2D eigenvalue weighted by Crippen LogP contribution is 2.48. The minimum Gasteiger partial charge on any atom is -0.336 e. The van der Waals surface area contributed by atoms with Gasteiger partial charge in [0, 0.05) is 11.8 Å². The lowest BCUT2D eigenvalue weighted by Crippen LogP contribution is -2.48. The van der Waals surface area contributed by atoms with Crippen LogP contribution in [0.3, 0.4) is 0 Å². The quantitative estimate of drug-likeness (QED) is 0.802. The molecule has 0 unspecified atom stereocenters. The minimum atomic E-state index is -4.44. The molecule has 20 heavy (non-hydrogen) atoms. The van der Waals surface area contributed by atoms with Crippen LogP contribution in [0, 0.1) is 11.8 Å². The SMILES string of the molecule is NCC#Cc1ccc(C(=O)NC2(C(F)(F)F)CC2)nc1. The molecule has 7 heteroatoms. The molecular weight excluding hydrogens is 271 g/mol. The first-order chi connectivity index (χ1) is 9.38. The number of rotatable bonds is 2. The molecule has 1 aliphatic rings. The Hall–Kier alpha value is -2.07. The zero-order valence-electron chi connectivity index (χ0n) is 10.4. The summed E-state index contributed by atoms with van der Waals surface area (Å²) in [4.78, 5) is 15.5. The van der Waals surface area contributed by atoms with Gasteiger partial charge < -0.3 is 11.1 Å². The molecule has 4 nitrogen and oxygen atoms in total. The Bertz CT molecular complexity index is 565. The summed E-state index contributed by atoms with van der Waals surface area (Å²) < 4.78 is 38.1. The van der Waals surface area contributed by atoms with Gasteiger partial charge in [0.2, 0.25) is 0 Å². The number of hydrogen-bond donors (Lipinski definition) is 2. The number of hydrogen-bond acceptors (Lipinski definition) is 3. The Morgan fingerprint density at radius 1 is 1.45 bits per heavy atom. The van der Waals surface area contributed by atoms with E-state index in [1.54, 1.807) is 0 Å². The van der Waals surface area contributed by atoms with Gasteiger partial charge in [-0.15, -0.1) is 0 Å². The second kappa shape index (κ2) is 5.13. The number of carbonyl (C=O) groups excluding carboxylic acids is 1. The van der Waals surface area contributed by atoms with Crippen LogP contribution in [0.1, 0.15) is 28.9 Å². The first-order valence-corrected chi connectivity index (χ1v) is 5.92. The monoisotopic (exact) mass is 283 g/mol. The third-order valence-corrected chi connectivity index (χ3v) is 2.98. The summed E-state index contributed by atoms with van der Waals surface area (Å²) in [5.74, 6) is 4.48. The molecule has 2 rings (SSSR count). The summed E-state index contributed by atoms with van der Waals surface area (Å²) in [6.45, 7) is 0.191. The Kier molecular flexibility index (Phi) is 3.68. The van der Waals surface area contributed by atoms with E-state index in [9.17, 15) is 18.0 Å². The molecule has 106 valence electrons. The van der Waals surface area contributed by atoms with Crippen molar-refractivity contribution in [2.75, 3.05) is 6.54 Å². The summed E-state index contributed by atoms with van der Waals surface area (Å²) >= 11 is 0. The second-order valence-corrected chi connectivity index (χ2v) is 4.47.